The number of carboxylic acid groups (broad SMARTS) is 1. The van der Waals surface area contributed by atoms with E-state index in [1.807, 2.05) is 0 Å². The fourth-order valence-electron chi connectivity index (χ4n) is 14.2. The summed E-state index contributed by atoms with van der Waals surface area (Å²) in [7, 11) is 0. The number of primary amides is 2. The Balaban J connectivity index is 1.27. The Kier molecular flexibility index (Phi) is 47.8. The van der Waals surface area contributed by atoms with E-state index >= 15 is 19.2 Å². The number of nitrogens with two attached hydrogens (primary N) is 6. The highest BCUT2D eigenvalue weighted by Crippen LogP contribution is 2.23. The van der Waals surface area contributed by atoms with Crippen LogP contribution in [0.5, 0.6) is 5.75 Å². The first-order chi connectivity index (χ1) is 65.0. The van der Waals surface area contributed by atoms with E-state index in [-0.39, 0.29) is 109 Å². The van der Waals surface area contributed by atoms with Gasteiger partial charge in [0.1, 0.15) is 78.3 Å². The van der Waals surface area contributed by atoms with Crippen LogP contribution in [0.3, 0.4) is 0 Å². The van der Waals surface area contributed by atoms with Crippen molar-refractivity contribution in [2.75, 3.05) is 64.0 Å². The number of hydrogen-bond acceptors (Lipinski definition) is 25. The molecule has 0 fully saturated rings. The zero-order valence-corrected chi connectivity index (χ0v) is 77.1. The van der Waals surface area contributed by atoms with Gasteiger partial charge in [-0.3, -0.25) is 92.3 Å². The highest BCUT2D eigenvalue weighted by atomic mass is 32.1. The number of aromatic nitrogens is 2. The van der Waals surface area contributed by atoms with Crippen LogP contribution >= 0.6 is 25.3 Å². The summed E-state index contributed by atoms with van der Waals surface area (Å²) in [4.78, 5) is 243. The number of ether oxygens (including phenoxy) is 1. The minimum absolute atomic E-state index is 0.00581. The predicted octanol–water partition coefficient (Wildman–Crippen LogP) is -5.03. The van der Waals surface area contributed by atoms with E-state index in [2.05, 4.69) is 120 Å². The van der Waals surface area contributed by atoms with Crippen LogP contribution < -0.4 is 119 Å². The van der Waals surface area contributed by atoms with E-state index in [9.17, 15) is 72.5 Å². The molecule has 4 aromatic carbocycles. The summed E-state index contributed by atoms with van der Waals surface area (Å²) in [5, 5.41) is 78.2. The van der Waals surface area contributed by atoms with E-state index < -0.39 is 229 Å². The van der Waals surface area contributed by atoms with Crippen molar-refractivity contribution in [1.82, 2.24) is 95.0 Å². The lowest BCUT2D eigenvalue weighted by molar-refractivity contribution is -0.141. The van der Waals surface area contributed by atoms with Gasteiger partial charge in [-0.2, -0.15) is 25.3 Å². The van der Waals surface area contributed by atoms with E-state index in [1.54, 1.807) is 85.1 Å². The van der Waals surface area contributed by atoms with Crippen LogP contribution in [0.4, 0.5) is 0 Å². The van der Waals surface area contributed by atoms with Crippen LogP contribution in [0.15, 0.2) is 116 Å². The lowest BCUT2D eigenvalue weighted by atomic mass is 10.0. The number of aliphatic carboxylic acids is 1. The molecule has 2 heterocycles. The summed E-state index contributed by atoms with van der Waals surface area (Å²) in [5.41, 5.74) is 36.5. The number of rotatable bonds is 63. The van der Waals surface area contributed by atoms with Crippen LogP contribution in [-0.4, -0.2) is 269 Å². The third kappa shape index (κ3) is 39.6. The SMILES string of the molecule is CC(=O)N[C@@H](CS)C(=O)N[C@@H](CCCNC(=N)N)C(=O)N[C@@H](CC(=O)O)C(=O)N[C@@H](Cc1c[nH]c2ccccc12)C(=O)N[C@@H](CCC(N)=O)C(=O)N[C@@H](CS)C(=O)N[C@@H](Cc1ccc(O)cc1)C(=O)N[C@@H](Cc1c[nH]c2ccccc12)C(=O)N[C@@H](CCCNC(=N)N)C(=O)N[C@H](CCCCN)C(=O)N[C@@H](Cc1ccccc1)C(=O)NCC(=O)NCCOCCC(=O)N[C@H](CCCCN)C(N)=O. The Morgan fingerprint density at radius 2 is 0.765 bits per heavy atom. The van der Waals surface area contributed by atoms with Crippen molar-refractivity contribution in [2.45, 2.75) is 195 Å². The Labute approximate surface area is 794 Å². The molecule has 48 heteroatoms. The number of aromatic amines is 2. The van der Waals surface area contributed by atoms with E-state index in [1.165, 1.54) is 30.5 Å². The van der Waals surface area contributed by atoms with Gasteiger partial charge in [0, 0.05) is 111 Å². The van der Waals surface area contributed by atoms with Crippen molar-refractivity contribution >= 4 is 159 Å². The number of unbranched alkanes of at least 4 members (excludes halogenated alkanes) is 2. The highest BCUT2D eigenvalue weighted by Gasteiger charge is 2.39. The summed E-state index contributed by atoms with van der Waals surface area (Å²) in [6.45, 7) is 0.985. The molecule has 0 saturated carbocycles. The summed E-state index contributed by atoms with van der Waals surface area (Å²) in [6, 6.07) is 8.88. The number of nitrogens with one attached hydrogen (secondary N) is 20. The van der Waals surface area contributed by atoms with E-state index in [0.29, 0.717) is 76.3 Å². The van der Waals surface area contributed by atoms with Crippen molar-refractivity contribution in [2.24, 2.45) is 34.4 Å². The molecule has 6 rings (SSSR count). The molecule has 740 valence electrons. The monoisotopic (exact) mass is 1930 g/mol. The van der Waals surface area contributed by atoms with Crippen molar-refractivity contribution in [3.63, 3.8) is 0 Å². The molecule has 6 aromatic rings. The number of para-hydroxylation sites is 2. The van der Waals surface area contributed by atoms with Gasteiger partial charge >= 0.3 is 5.97 Å². The molecule has 46 nitrogen and oxygen atoms in total. The molecule has 0 spiro atoms. The Hall–Kier alpha value is -14.1. The van der Waals surface area contributed by atoms with E-state index in [0.717, 1.165) is 6.92 Å². The minimum Gasteiger partial charge on any atom is -0.508 e. The maximum Gasteiger partial charge on any atom is 0.305 e. The second-order valence-corrected chi connectivity index (χ2v) is 32.7. The summed E-state index contributed by atoms with van der Waals surface area (Å²) in [5.74, 6) is -18.2. The number of carbonyl (C=O) groups excluding carboxylic acids is 16. The number of phenolic OH excluding ortho intramolecular Hbond substituents is 1. The number of fused-ring (bicyclic) bond motifs is 2. The molecule has 136 heavy (non-hydrogen) atoms. The summed E-state index contributed by atoms with van der Waals surface area (Å²) >= 11 is 8.53. The Morgan fingerprint density at radius 1 is 0.382 bits per heavy atom. The molecule has 0 aliphatic heterocycles. The molecular weight excluding hydrogens is 1810 g/mol. The van der Waals surface area contributed by atoms with Gasteiger partial charge in [0.15, 0.2) is 11.9 Å². The van der Waals surface area contributed by atoms with Crippen LogP contribution in [0.2, 0.25) is 0 Å². The second-order valence-electron chi connectivity index (χ2n) is 32.0. The van der Waals surface area contributed by atoms with E-state index in [4.69, 9.17) is 50.0 Å². The van der Waals surface area contributed by atoms with Gasteiger partial charge in [-0.1, -0.05) is 78.9 Å². The number of benzene rings is 4. The van der Waals surface area contributed by atoms with Crippen LogP contribution in [0, 0.1) is 10.8 Å². The zero-order valence-electron chi connectivity index (χ0n) is 75.3. The maximum absolute atomic E-state index is 15.5. The molecule has 0 aliphatic rings. The fourth-order valence-corrected chi connectivity index (χ4v) is 14.7. The number of amides is 16. The maximum atomic E-state index is 15.5. The van der Waals surface area contributed by atoms with Crippen LogP contribution in [0.1, 0.15) is 119 Å². The third-order valence-corrected chi connectivity index (χ3v) is 22.0. The molecule has 0 aliphatic carbocycles. The van der Waals surface area contributed by atoms with Crippen LogP contribution in [-0.2, 0) is 112 Å². The molecular formula is C88H126N26O20S2. The second kappa shape index (κ2) is 58.8. The first-order valence-electron chi connectivity index (χ1n) is 44.2. The van der Waals surface area contributed by atoms with Gasteiger partial charge in [-0.25, -0.2) is 0 Å². The van der Waals surface area contributed by atoms with Crippen molar-refractivity contribution in [1.29, 1.82) is 10.8 Å². The smallest absolute Gasteiger partial charge is 0.305 e. The first kappa shape index (κ1) is 111. The van der Waals surface area contributed by atoms with Gasteiger partial charge in [0.05, 0.1) is 26.2 Å². The summed E-state index contributed by atoms with van der Waals surface area (Å²) in [6.07, 6.45) is 1.15. The molecule has 0 unspecified atom stereocenters. The number of hydrogen-bond donors (Lipinski definition) is 30. The number of carboxylic acids is 1. The molecule has 0 saturated heterocycles. The quantitative estimate of drug-likeness (QED) is 0.00736. The topological polar surface area (TPSA) is 768 Å². The number of aromatic hydroxyl groups is 1. The Morgan fingerprint density at radius 3 is 1.21 bits per heavy atom. The standard InChI is InChI=1S/C88H126N26O20S2/c1-49(115)103-69(47-135)85(132)107-62(24-14-35-99-88(95)96)79(126)113-68(43-74(120)121)84(131)112-67(42-53-45-101-58-20-8-6-18-56(53)58)83(130)108-63(29-30-71(91)117)80(127)114-70(48-136)86(133)110-65(40-51-25-27-54(116)28-26-51)81(128)111-66(41-52-44-100-57-19-7-5-17-55(52)57)82(129)106-61(23-13-34-98-87(93)94)77(124)105-60(22-10-12-33-90)78(125)109-64(39-50-15-3-2-4-16-50)76(123)102-46-73(119)97-36-38-134-37-31-72(118)104-59(75(92)122)21-9-11-32-89/h2-8,15-20,25-28,44-45,59-70,100-101,116,135-136H,9-14,21-24,29-43,46-48,89-90H2,1H3,(H2,91,117)(H2,92,122)(H,97,119)(H,102,123)(H,103,115)(H,104,118)(H,105,124)(H,106,129)(H,107,132)(H,108,130)(H,109,125)(H,110,133)(H,111,128)(H,112,131)(H,113,126)(H,114,127)(H,120,121)(H4,93,94,98)(H4,95,96,99)/t59-,60-,61+,62+,63+,64+,65+,66+,67+,68+,69+,70+/m1/s1. The number of carbonyl (C=O) groups is 17. The lowest BCUT2D eigenvalue weighted by Gasteiger charge is -2.28. The molecule has 12 atom stereocenters. The third-order valence-electron chi connectivity index (χ3n) is 21.3. The van der Waals surface area contributed by atoms with Gasteiger partial charge in [-0.15, -0.1) is 0 Å². The molecule has 2 aromatic heterocycles. The molecule has 0 bridgehead atoms. The van der Waals surface area contributed by atoms with Crippen molar-refractivity contribution in [3.8, 4) is 5.75 Å². The largest absolute Gasteiger partial charge is 0.508 e. The normalized spacial score (nSPS) is 13.7. The minimum atomic E-state index is -2.01. The number of thiol groups is 2. The zero-order chi connectivity index (χ0) is 99.8. The fraction of sp³-hybridized carbons (Fsp3) is 0.466. The van der Waals surface area contributed by atoms with Crippen molar-refractivity contribution in [3.05, 3.63) is 138 Å². The average molecular weight is 1930 g/mol. The van der Waals surface area contributed by atoms with Gasteiger partial charge in [-0.05, 0) is 130 Å². The van der Waals surface area contributed by atoms with Crippen LogP contribution in [0.25, 0.3) is 21.8 Å². The summed E-state index contributed by atoms with van der Waals surface area (Å²) < 4.78 is 5.50. The predicted molar refractivity (Wildman–Crippen MR) is 508 cm³/mol. The average Bonchev–Trinajstić information content (AvgIpc) is 1.66. The molecule has 34 N–H and O–H groups in total. The van der Waals surface area contributed by atoms with Crippen molar-refractivity contribution < 1.29 is 96.5 Å². The van der Waals surface area contributed by atoms with Gasteiger partial charge in [0.25, 0.3) is 0 Å². The molecule has 16 amide bonds. The lowest BCUT2D eigenvalue weighted by Crippen LogP contribution is -2.61. The Bertz CT molecular complexity index is 5070. The van der Waals surface area contributed by atoms with Gasteiger partial charge in [0.2, 0.25) is 94.5 Å². The molecule has 0 radical (unpaired) electrons. The number of guanidine groups is 2. The first-order valence-corrected chi connectivity index (χ1v) is 45.5. The number of H-pyrrole nitrogens is 2. The number of phenols is 1. The van der Waals surface area contributed by atoms with Gasteiger partial charge < -0.3 is 144 Å². The highest BCUT2D eigenvalue weighted by molar-refractivity contribution is 7.80.